The largest absolute Gasteiger partial charge is 0.372 e. The number of likely N-dealkylation sites (N-methyl/N-ethyl adjacent to an activating group) is 1. The number of carbonyl (C=O) groups is 2. The molecular weight excluding hydrogens is 330 g/mol. The van der Waals surface area contributed by atoms with Crippen molar-refractivity contribution >= 4 is 11.8 Å². The minimum atomic E-state index is -0.962. The number of halogens is 2. The van der Waals surface area contributed by atoms with Gasteiger partial charge in [-0.1, -0.05) is 12.1 Å². The maximum Gasteiger partial charge on any atom is 0.227 e. The van der Waals surface area contributed by atoms with E-state index in [1.807, 2.05) is 0 Å². The lowest BCUT2D eigenvalue weighted by molar-refractivity contribution is -0.139. The van der Waals surface area contributed by atoms with Crippen LogP contribution in [0.25, 0.3) is 0 Å². The van der Waals surface area contributed by atoms with Gasteiger partial charge >= 0.3 is 0 Å². The molecule has 1 aromatic rings. The molecule has 0 unspecified atom stereocenters. The fourth-order valence-electron chi connectivity index (χ4n) is 3.54. The standard InChI is InChI=1S/C18H22F2N2O3/c1-21-12-18(25-10-5-15(21)23)6-8-22(9-7-18)16(24)11-13-3-2-4-14(19)17(13)20/h2-4H,5-12H2,1H3. The predicted octanol–water partition coefficient (Wildman–Crippen LogP) is 1.75. The average Bonchev–Trinajstić information content (AvgIpc) is 2.72. The highest BCUT2D eigenvalue weighted by Gasteiger charge is 2.40. The number of piperidine rings is 1. The van der Waals surface area contributed by atoms with E-state index in [9.17, 15) is 18.4 Å². The SMILES string of the molecule is CN1CC2(CCN(C(=O)Cc3cccc(F)c3F)CC2)OCCC1=O. The number of amides is 2. The van der Waals surface area contributed by atoms with Gasteiger partial charge in [-0.15, -0.1) is 0 Å². The van der Waals surface area contributed by atoms with Gasteiger partial charge in [-0.2, -0.15) is 0 Å². The molecule has 5 nitrogen and oxygen atoms in total. The van der Waals surface area contributed by atoms with Crippen LogP contribution in [0, 0.1) is 11.6 Å². The topological polar surface area (TPSA) is 49.9 Å². The average molecular weight is 352 g/mol. The Bertz CT molecular complexity index is 672. The molecule has 0 atom stereocenters. The van der Waals surface area contributed by atoms with E-state index in [0.29, 0.717) is 45.5 Å². The number of hydrogen-bond acceptors (Lipinski definition) is 3. The Kier molecular flexibility index (Phi) is 5.03. The minimum absolute atomic E-state index is 0.0666. The minimum Gasteiger partial charge on any atom is -0.372 e. The maximum atomic E-state index is 13.7. The third-order valence-electron chi connectivity index (χ3n) is 5.08. The van der Waals surface area contributed by atoms with Crippen molar-refractivity contribution in [2.24, 2.45) is 0 Å². The second-order valence-electron chi connectivity index (χ2n) is 6.80. The molecule has 1 aromatic carbocycles. The van der Waals surface area contributed by atoms with Crippen molar-refractivity contribution in [1.82, 2.24) is 9.80 Å². The highest BCUT2D eigenvalue weighted by molar-refractivity contribution is 5.79. The Labute approximate surface area is 145 Å². The summed E-state index contributed by atoms with van der Waals surface area (Å²) < 4.78 is 32.9. The van der Waals surface area contributed by atoms with Gasteiger partial charge in [0.25, 0.3) is 0 Å². The summed E-state index contributed by atoms with van der Waals surface area (Å²) in [6.45, 7) is 1.88. The lowest BCUT2D eigenvalue weighted by atomic mass is 9.90. The molecule has 2 saturated heterocycles. The van der Waals surface area contributed by atoms with E-state index in [1.165, 1.54) is 12.1 Å². The van der Waals surface area contributed by atoms with Crippen molar-refractivity contribution < 1.29 is 23.1 Å². The first kappa shape index (κ1) is 17.8. The summed E-state index contributed by atoms with van der Waals surface area (Å²) in [5.41, 5.74) is -0.344. The van der Waals surface area contributed by atoms with Crippen molar-refractivity contribution in [3.05, 3.63) is 35.4 Å². The second-order valence-corrected chi connectivity index (χ2v) is 6.80. The molecule has 1 spiro atoms. The summed E-state index contributed by atoms with van der Waals surface area (Å²) in [7, 11) is 1.77. The van der Waals surface area contributed by atoms with Gasteiger partial charge in [0.15, 0.2) is 11.6 Å². The molecule has 2 aliphatic rings. The molecule has 0 N–H and O–H groups in total. The van der Waals surface area contributed by atoms with E-state index < -0.39 is 17.2 Å². The summed E-state index contributed by atoms with van der Waals surface area (Å²) in [6.07, 6.45) is 1.47. The molecule has 2 heterocycles. The summed E-state index contributed by atoms with van der Waals surface area (Å²) in [5, 5.41) is 0. The predicted molar refractivity (Wildman–Crippen MR) is 86.8 cm³/mol. The first-order valence-corrected chi connectivity index (χ1v) is 8.49. The summed E-state index contributed by atoms with van der Waals surface area (Å²) in [5.74, 6) is -2.06. The number of ether oxygens (including phenoxy) is 1. The van der Waals surface area contributed by atoms with Gasteiger partial charge in [0, 0.05) is 32.2 Å². The molecule has 0 aliphatic carbocycles. The first-order chi connectivity index (χ1) is 11.9. The Balaban J connectivity index is 1.61. The number of hydrogen-bond donors (Lipinski definition) is 0. The second kappa shape index (κ2) is 7.07. The van der Waals surface area contributed by atoms with Crippen LogP contribution in [-0.2, 0) is 20.7 Å². The van der Waals surface area contributed by atoms with Crippen LogP contribution >= 0.6 is 0 Å². The highest BCUT2D eigenvalue weighted by Crippen LogP contribution is 2.30. The number of carbonyl (C=O) groups excluding carboxylic acids is 2. The molecule has 2 aliphatic heterocycles. The molecule has 0 aromatic heterocycles. The molecule has 25 heavy (non-hydrogen) atoms. The Morgan fingerprint density at radius 2 is 2.00 bits per heavy atom. The van der Waals surface area contributed by atoms with Crippen LogP contribution in [0.3, 0.4) is 0 Å². The van der Waals surface area contributed by atoms with Crippen molar-refractivity contribution in [2.45, 2.75) is 31.3 Å². The van der Waals surface area contributed by atoms with Gasteiger partial charge in [-0.05, 0) is 18.9 Å². The van der Waals surface area contributed by atoms with E-state index >= 15 is 0 Å². The van der Waals surface area contributed by atoms with Crippen molar-refractivity contribution in [2.75, 3.05) is 33.3 Å². The smallest absolute Gasteiger partial charge is 0.227 e. The van der Waals surface area contributed by atoms with E-state index in [0.717, 1.165) is 6.07 Å². The zero-order valence-electron chi connectivity index (χ0n) is 14.3. The summed E-state index contributed by atoms with van der Waals surface area (Å²) >= 11 is 0. The van der Waals surface area contributed by atoms with E-state index in [1.54, 1.807) is 16.8 Å². The lowest BCUT2D eigenvalue weighted by Crippen LogP contribution is -2.52. The number of benzene rings is 1. The van der Waals surface area contributed by atoms with Crippen LogP contribution in [0.5, 0.6) is 0 Å². The van der Waals surface area contributed by atoms with Crippen LogP contribution in [-0.4, -0.2) is 60.5 Å². The Morgan fingerprint density at radius 3 is 2.72 bits per heavy atom. The zero-order chi connectivity index (χ0) is 18.0. The Morgan fingerprint density at radius 1 is 1.28 bits per heavy atom. The van der Waals surface area contributed by atoms with Crippen LogP contribution in [0.4, 0.5) is 8.78 Å². The molecule has 136 valence electrons. The molecule has 3 rings (SSSR count). The van der Waals surface area contributed by atoms with Crippen LogP contribution < -0.4 is 0 Å². The van der Waals surface area contributed by atoms with E-state index in [-0.39, 0.29) is 23.8 Å². The van der Waals surface area contributed by atoms with Crippen LogP contribution in [0.15, 0.2) is 18.2 Å². The lowest BCUT2D eigenvalue weighted by Gasteiger charge is -2.42. The molecular formula is C18H22F2N2O3. The quantitative estimate of drug-likeness (QED) is 0.815. The molecule has 0 bridgehead atoms. The fraction of sp³-hybridized carbons (Fsp3) is 0.556. The number of nitrogens with zero attached hydrogens (tertiary/aromatic N) is 2. The third kappa shape index (κ3) is 3.81. The normalized spacial score (nSPS) is 20.7. The molecule has 2 fully saturated rings. The molecule has 7 heteroatoms. The van der Waals surface area contributed by atoms with E-state index in [2.05, 4.69) is 0 Å². The van der Waals surface area contributed by atoms with Gasteiger partial charge in [0.1, 0.15) is 0 Å². The van der Waals surface area contributed by atoms with Crippen LogP contribution in [0.1, 0.15) is 24.8 Å². The third-order valence-corrected chi connectivity index (χ3v) is 5.08. The van der Waals surface area contributed by atoms with E-state index in [4.69, 9.17) is 4.74 Å². The molecule has 2 amide bonds. The molecule has 0 radical (unpaired) electrons. The maximum absolute atomic E-state index is 13.7. The summed E-state index contributed by atoms with van der Waals surface area (Å²) in [4.78, 5) is 27.6. The zero-order valence-corrected chi connectivity index (χ0v) is 14.3. The molecule has 0 saturated carbocycles. The van der Waals surface area contributed by atoms with Gasteiger partial charge in [0.05, 0.1) is 25.0 Å². The van der Waals surface area contributed by atoms with Crippen molar-refractivity contribution in [3.63, 3.8) is 0 Å². The first-order valence-electron chi connectivity index (χ1n) is 8.49. The highest BCUT2D eigenvalue weighted by atomic mass is 19.2. The number of likely N-dealkylation sites (tertiary alicyclic amines) is 1. The van der Waals surface area contributed by atoms with Crippen molar-refractivity contribution in [1.29, 1.82) is 0 Å². The van der Waals surface area contributed by atoms with Gasteiger partial charge in [-0.25, -0.2) is 8.78 Å². The van der Waals surface area contributed by atoms with Gasteiger partial charge in [-0.3, -0.25) is 9.59 Å². The Hall–Kier alpha value is -2.02. The monoisotopic (exact) mass is 352 g/mol. The number of rotatable bonds is 2. The van der Waals surface area contributed by atoms with Crippen LogP contribution in [0.2, 0.25) is 0 Å². The van der Waals surface area contributed by atoms with Gasteiger partial charge < -0.3 is 14.5 Å². The summed E-state index contributed by atoms with van der Waals surface area (Å²) in [6, 6.07) is 3.87. The van der Waals surface area contributed by atoms with Crippen molar-refractivity contribution in [3.8, 4) is 0 Å². The van der Waals surface area contributed by atoms with Gasteiger partial charge in [0.2, 0.25) is 11.8 Å². The fourth-order valence-corrected chi connectivity index (χ4v) is 3.54.